The molecule has 0 aliphatic heterocycles. The molecule has 1 atom stereocenters. The molecule has 0 fully saturated rings. The van der Waals surface area contributed by atoms with Gasteiger partial charge in [0.05, 0.1) is 0 Å². The Labute approximate surface area is 122 Å². The lowest BCUT2D eigenvalue weighted by molar-refractivity contribution is 0.199. The summed E-state index contributed by atoms with van der Waals surface area (Å²) < 4.78 is 0. The summed E-state index contributed by atoms with van der Waals surface area (Å²) in [7, 11) is 0. The van der Waals surface area contributed by atoms with E-state index in [0.29, 0.717) is 11.5 Å². The van der Waals surface area contributed by atoms with E-state index in [1.807, 2.05) is 0 Å². The normalized spacial score (nSPS) is 14.8. The third-order valence-corrected chi connectivity index (χ3v) is 4.51. The molecule has 0 aliphatic rings. The van der Waals surface area contributed by atoms with Crippen LogP contribution in [-0.2, 0) is 0 Å². The molecule has 0 aliphatic carbocycles. The highest BCUT2D eigenvalue weighted by Crippen LogP contribution is 2.34. The molecule has 0 amide bonds. The lowest BCUT2D eigenvalue weighted by Gasteiger charge is -2.34. The molecule has 1 nitrogen and oxygen atoms in total. The molecule has 0 aromatic rings. The lowest BCUT2D eigenvalue weighted by atomic mass is 9.75. The average Bonchev–Trinajstić information content (AvgIpc) is 2.41. The van der Waals surface area contributed by atoms with Crippen molar-refractivity contribution in [1.82, 2.24) is 5.32 Å². The SMILES string of the molecule is CCCCCCCC(CC)(CCCC)CNC(C)C. The maximum absolute atomic E-state index is 3.70. The number of rotatable bonds is 13. The van der Waals surface area contributed by atoms with Gasteiger partial charge in [-0.05, 0) is 24.7 Å². The van der Waals surface area contributed by atoms with Gasteiger partial charge < -0.3 is 5.32 Å². The second kappa shape index (κ2) is 11.8. The van der Waals surface area contributed by atoms with Crippen molar-refractivity contribution >= 4 is 0 Å². The Morgan fingerprint density at radius 3 is 1.89 bits per heavy atom. The van der Waals surface area contributed by atoms with Crippen LogP contribution in [0.25, 0.3) is 0 Å². The summed E-state index contributed by atoms with van der Waals surface area (Å²) in [6.07, 6.45) is 14.0. The molecule has 0 saturated heterocycles. The Balaban J connectivity index is 4.19. The van der Waals surface area contributed by atoms with Gasteiger partial charge in [0.25, 0.3) is 0 Å². The van der Waals surface area contributed by atoms with Gasteiger partial charge in [0, 0.05) is 12.6 Å². The third kappa shape index (κ3) is 9.49. The Kier molecular flexibility index (Phi) is 11.7. The highest BCUT2D eigenvalue weighted by molar-refractivity contribution is 4.81. The molecule has 0 heterocycles. The minimum absolute atomic E-state index is 0.562. The van der Waals surface area contributed by atoms with Crippen LogP contribution < -0.4 is 5.32 Å². The maximum Gasteiger partial charge on any atom is 0.00106 e. The second-order valence-corrected chi connectivity index (χ2v) is 6.66. The third-order valence-electron chi connectivity index (χ3n) is 4.51. The van der Waals surface area contributed by atoms with Gasteiger partial charge in [0.1, 0.15) is 0 Å². The molecule has 116 valence electrons. The molecule has 0 radical (unpaired) electrons. The summed E-state index contributed by atoms with van der Waals surface area (Å²) in [5.74, 6) is 0. The van der Waals surface area contributed by atoms with Crippen LogP contribution in [-0.4, -0.2) is 12.6 Å². The van der Waals surface area contributed by atoms with E-state index in [1.165, 1.54) is 70.8 Å². The van der Waals surface area contributed by atoms with E-state index in [4.69, 9.17) is 0 Å². The van der Waals surface area contributed by atoms with Crippen molar-refractivity contribution in [1.29, 1.82) is 0 Å². The first kappa shape index (κ1) is 19.0. The van der Waals surface area contributed by atoms with Crippen LogP contribution >= 0.6 is 0 Å². The van der Waals surface area contributed by atoms with Gasteiger partial charge in [0.2, 0.25) is 0 Å². The Hall–Kier alpha value is -0.0400. The van der Waals surface area contributed by atoms with Crippen molar-refractivity contribution in [3.8, 4) is 0 Å². The highest BCUT2D eigenvalue weighted by atomic mass is 14.9. The fraction of sp³-hybridized carbons (Fsp3) is 1.00. The molecule has 0 aromatic heterocycles. The second-order valence-electron chi connectivity index (χ2n) is 6.66. The molecular weight excluding hydrogens is 230 g/mol. The zero-order chi connectivity index (χ0) is 14.6. The lowest BCUT2D eigenvalue weighted by Crippen LogP contribution is -2.37. The van der Waals surface area contributed by atoms with Gasteiger partial charge >= 0.3 is 0 Å². The van der Waals surface area contributed by atoms with Gasteiger partial charge in [-0.1, -0.05) is 79.6 Å². The van der Waals surface area contributed by atoms with Crippen molar-refractivity contribution in [2.75, 3.05) is 6.54 Å². The number of nitrogens with one attached hydrogen (secondary N) is 1. The summed E-state index contributed by atoms with van der Waals surface area (Å²) >= 11 is 0. The van der Waals surface area contributed by atoms with Crippen LogP contribution in [0.4, 0.5) is 0 Å². The largest absolute Gasteiger partial charge is 0.314 e. The van der Waals surface area contributed by atoms with Crippen molar-refractivity contribution in [3.63, 3.8) is 0 Å². The predicted octanol–water partition coefficient (Wildman–Crippen LogP) is 5.93. The van der Waals surface area contributed by atoms with E-state index < -0.39 is 0 Å². The molecule has 19 heavy (non-hydrogen) atoms. The van der Waals surface area contributed by atoms with E-state index in [0.717, 1.165) is 0 Å². The minimum atomic E-state index is 0.562. The fourth-order valence-electron chi connectivity index (χ4n) is 2.86. The van der Waals surface area contributed by atoms with Gasteiger partial charge in [-0.15, -0.1) is 0 Å². The highest BCUT2D eigenvalue weighted by Gasteiger charge is 2.26. The Morgan fingerprint density at radius 1 is 0.789 bits per heavy atom. The van der Waals surface area contributed by atoms with Crippen LogP contribution in [0, 0.1) is 5.41 Å². The molecular formula is C18H39N. The Morgan fingerprint density at radius 2 is 1.37 bits per heavy atom. The zero-order valence-electron chi connectivity index (χ0n) is 14.4. The number of unbranched alkanes of at least 4 members (excludes halogenated alkanes) is 5. The first-order valence-electron chi connectivity index (χ1n) is 8.83. The molecule has 0 rings (SSSR count). The van der Waals surface area contributed by atoms with Crippen molar-refractivity contribution in [3.05, 3.63) is 0 Å². The standard InChI is InChI=1S/C18H39N/c1-6-9-11-12-13-15-18(8-3,14-10-7-2)16-19-17(4)5/h17,19H,6-16H2,1-5H3. The van der Waals surface area contributed by atoms with Crippen LogP contribution in [0.2, 0.25) is 0 Å². The monoisotopic (exact) mass is 269 g/mol. The maximum atomic E-state index is 3.70. The molecule has 0 aromatic carbocycles. The molecule has 0 bridgehead atoms. The topological polar surface area (TPSA) is 12.0 Å². The van der Waals surface area contributed by atoms with Crippen molar-refractivity contribution < 1.29 is 0 Å². The van der Waals surface area contributed by atoms with E-state index in [2.05, 4.69) is 39.9 Å². The van der Waals surface area contributed by atoms with Crippen molar-refractivity contribution in [2.24, 2.45) is 5.41 Å². The summed E-state index contributed by atoms with van der Waals surface area (Å²) in [4.78, 5) is 0. The number of hydrogen-bond donors (Lipinski definition) is 1. The summed E-state index contributed by atoms with van der Waals surface area (Å²) in [6, 6.07) is 0.618. The van der Waals surface area contributed by atoms with Gasteiger partial charge in [-0.3, -0.25) is 0 Å². The van der Waals surface area contributed by atoms with Crippen LogP contribution in [0.15, 0.2) is 0 Å². The summed E-state index contributed by atoms with van der Waals surface area (Å²) in [6.45, 7) is 12.8. The van der Waals surface area contributed by atoms with Gasteiger partial charge in [0.15, 0.2) is 0 Å². The van der Waals surface area contributed by atoms with Gasteiger partial charge in [-0.25, -0.2) is 0 Å². The van der Waals surface area contributed by atoms with E-state index in [1.54, 1.807) is 0 Å². The Bertz CT molecular complexity index is 188. The zero-order valence-corrected chi connectivity index (χ0v) is 14.4. The van der Waals surface area contributed by atoms with E-state index in [9.17, 15) is 0 Å². The molecule has 0 saturated carbocycles. The molecule has 1 heteroatoms. The molecule has 1 N–H and O–H groups in total. The minimum Gasteiger partial charge on any atom is -0.314 e. The summed E-state index contributed by atoms with van der Waals surface area (Å²) in [5, 5.41) is 3.70. The first-order chi connectivity index (χ1) is 9.10. The fourth-order valence-corrected chi connectivity index (χ4v) is 2.86. The average molecular weight is 270 g/mol. The first-order valence-corrected chi connectivity index (χ1v) is 8.83. The van der Waals surface area contributed by atoms with Crippen LogP contribution in [0.3, 0.4) is 0 Å². The summed E-state index contributed by atoms with van der Waals surface area (Å²) in [5.41, 5.74) is 0.562. The van der Waals surface area contributed by atoms with Crippen LogP contribution in [0.1, 0.15) is 98.8 Å². The quantitative estimate of drug-likeness (QED) is 0.408. The van der Waals surface area contributed by atoms with Crippen molar-refractivity contribution in [2.45, 2.75) is 105 Å². The predicted molar refractivity (Wildman–Crippen MR) is 88.8 cm³/mol. The smallest absolute Gasteiger partial charge is 0.00106 e. The van der Waals surface area contributed by atoms with Crippen LogP contribution in [0.5, 0.6) is 0 Å². The number of hydrogen-bond acceptors (Lipinski definition) is 1. The molecule has 1 unspecified atom stereocenters. The van der Waals surface area contributed by atoms with E-state index >= 15 is 0 Å². The van der Waals surface area contributed by atoms with E-state index in [-0.39, 0.29) is 0 Å². The molecule has 0 spiro atoms. The van der Waals surface area contributed by atoms with Gasteiger partial charge in [-0.2, -0.15) is 0 Å².